The van der Waals surface area contributed by atoms with Crippen LogP contribution in [0.2, 0.25) is 0 Å². The van der Waals surface area contributed by atoms with Crippen LogP contribution in [-0.2, 0) is 11.2 Å². The summed E-state index contributed by atoms with van der Waals surface area (Å²) in [6, 6.07) is 4.78. The number of benzene rings is 1. The molecule has 0 spiro atoms. The molecular weight excluding hydrogens is 208 g/mol. The molecule has 0 radical (unpaired) electrons. The highest BCUT2D eigenvalue weighted by molar-refractivity contribution is 5.92. The lowest BCUT2D eigenvalue weighted by atomic mass is 10.0. The molecule has 1 rings (SSSR count). The summed E-state index contributed by atoms with van der Waals surface area (Å²) in [5.41, 5.74) is 1.05. The predicted octanol–water partition coefficient (Wildman–Crippen LogP) is 1.49. The summed E-state index contributed by atoms with van der Waals surface area (Å²) >= 11 is 0. The highest BCUT2D eigenvalue weighted by atomic mass is 16.5. The van der Waals surface area contributed by atoms with Gasteiger partial charge in [0, 0.05) is 0 Å². The van der Waals surface area contributed by atoms with Gasteiger partial charge in [-0.2, -0.15) is 0 Å². The summed E-state index contributed by atoms with van der Waals surface area (Å²) in [5.74, 6) is -0.649. The third kappa shape index (κ3) is 3.24. The van der Waals surface area contributed by atoms with Crippen molar-refractivity contribution in [3.8, 4) is 5.75 Å². The molecule has 1 aromatic carbocycles. The summed E-state index contributed by atoms with van der Waals surface area (Å²) in [5, 5.41) is 18.6. The topological polar surface area (TPSA) is 66.8 Å². The van der Waals surface area contributed by atoms with Crippen molar-refractivity contribution >= 4 is 5.97 Å². The molecule has 0 saturated carbocycles. The van der Waals surface area contributed by atoms with Gasteiger partial charge in [-0.25, -0.2) is 4.79 Å². The van der Waals surface area contributed by atoms with Crippen molar-refractivity contribution < 1.29 is 19.7 Å². The van der Waals surface area contributed by atoms with Gasteiger partial charge in [-0.1, -0.05) is 6.07 Å². The Kier molecular flexibility index (Phi) is 4.31. The van der Waals surface area contributed by atoms with E-state index < -0.39 is 5.97 Å². The first-order valence-corrected chi connectivity index (χ1v) is 5.13. The fraction of sp³-hybridized carbons (Fsp3) is 0.417. The van der Waals surface area contributed by atoms with Gasteiger partial charge in [0.15, 0.2) is 0 Å². The van der Waals surface area contributed by atoms with Crippen molar-refractivity contribution in [2.45, 2.75) is 25.9 Å². The smallest absolute Gasteiger partial charge is 0.341 e. The van der Waals surface area contributed by atoms with Gasteiger partial charge in [0.1, 0.15) is 11.3 Å². The molecule has 2 N–H and O–H groups in total. The van der Waals surface area contributed by atoms with Gasteiger partial charge in [-0.15, -0.1) is 0 Å². The van der Waals surface area contributed by atoms with Crippen LogP contribution in [0.1, 0.15) is 29.3 Å². The lowest BCUT2D eigenvalue weighted by Gasteiger charge is -2.07. The number of aromatic hydroxyl groups is 1. The first kappa shape index (κ1) is 12.5. The zero-order valence-corrected chi connectivity index (χ0v) is 9.43. The third-order valence-electron chi connectivity index (χ3n) is 2.32. The normalized spacial score (nSPS) is 12.2. The van der Waals surface area contributed by atoms with Gasteiger partial charge < -0.3 is 14.9 Å². The molecule has 4 nitrogen and oxygen atoms in total. The highest BCUT2D eigenvalue weighted by Gasteiger charge is 2.12. The van der Waals surface area contributed by atoms with Crippen molar-refractivity contribution in [1.82, 2.24) is 0 Å². The number of rotatable bonds is 4. The van der Waals surface area contributed by atoms with E-state index in [0.29, 0.717) is 12.8 Å². The fourth-order valence-corrected chi connectivity index (χ4v) is 1.39. The molecule has 88 valence electrons. The van der Waals surface area contributed by atoms with Gasteiger partial charge in [0.25, 0.3) is 0 Å². The largest absolute Gasteiger partial charge is 0.507 e. The molecular formula is C12H16O4. The summed E-state index contributed by atoms with van der Waals surface area (Å²) < 4.78 is 4.55. The van der Waals surface area contributed by atoms with E-state index in [2.05, 4.69) is 4.74 Å². The van der Waals surface area contributed by atoms with Crippen LogP contribution in [0.15, 0.2) is 18.2 Å². The summed E-state index contributed by atoms with van der Waals surface area (Å²) in [6.45, 7) is 1.71. The van der Waals surface area contributed by atoms with Crippen molar-refractivity contribution in [3.05, 3.63) is 29.3 Å². The molecule has 0 aliphatic rings. The summed E-state index contributed by atoms with van der Waals surface area (Å²) in [6.07, 6.45) is 0.892. The number of methoxy groups -OCH3 is 1. The molecule has 0 fully saturated rings. The fourth-order valence-electron chi connectivity index (χ4n) is 1.39. The van der Waals surface area contributed by atoms with Gasteiger partial charge in [0.2, 0.25) is 0 Å². The van der Waals surface area contributed by atoms with Crippen LogP contribution < -0.4 is 0 Å². The van der Waals surface area contributed by atoms with Crippen LogP contribution in [-0.4, -0.2) is 29.4 Å². The first-order chi connectivity index (χ1) is 7.54. The molecule has 0 saturated heterocycles. The Morgan fingerprint density at radius 1 is 1.50 bits per heavy atom. The number of aryl methyl sites for hydroxylation is 1. The van der Waals surface area contributed by atoms with Crippen molar-refractivity contribution in [1.29, 1.82) is 0 Å². The van der Waals surface area contributed by atoms with Crippen molar-refractivity contribution in [2.75, 3.05) is 7.11 Å². The zero-order valence-electron chi connectivity index (χ0n) is 9.43. The maximum absolute atomic E-state index is 11.3. The second-order valence-electron chi connectivity index (χ2n) is 3.73. The molecule has 4 heteroatoms. The number of hydrogen-bond acceptors (Lipinski definition) is 4. The highest BCUT2D eigenvalue weighted by Crippen LogP contribution is 2.20. The van der Waals surface area contributed by atoms with Crippen LogP contribution in [0.25, 0.3) is 0 Å². The zero-order chi connectivity index (χ0) is 12.1. The molecule has 0 amide bonds. The van der Waals surface area contributed by atoms with E-state index in [9.17, 15) is 9.90 Å². The Morgan fingerprint density at radius 2 is 2.19 bits per heavy atom. The Bertz CT molecular complexity index is 371. The number of carbonyl (C=O) groups excluding carboxylic acids is 1. The number of hydrogen-bond donors (Lipinski definition) is 2. The standard InChI is InChI=1S/C12H16O4/c1-8(13)3-4-9-5-6-11(14)10(7-9)12(15)16-2/h5-8,13-14H,3-4H2,1-2H3. The second-order valence-corrected chi connectivity index (χ2v) is 3.73. The van der Waals surface area contributed by atoms with E-state index in [0.717, 1.165) is 5.56 Å². The van der Waals surface area contributed by atoms with E-state index in [-0.39, 0.29) is 17.4 Å². The maximum Gasteiger partial charge on any atom is 0.341 e. The predicted molar refractivity (Wildman–Crippen MR) is 59.4 cm³/mol. The number of carbonyl (C=O) groups is 1. The van der Waals surface area contributed by atoms with Crippen molar-refractivity contribution in [2.24, 2.45) is 0 Å². The van der Waals surface area contributed by atoms with Crippen LogP contribution in [0.3, 0.4) is 0 Å². The second kappa shape index (κ2) is 5.51. The number of esters is 1. The SMILES string of the molecule is COC(=O)c1cc(CCC(C)O)ccc1O. The minimum absolute atomic E-state index is 0.0901. The number of aliphatic hydroxyl groups excluding tert-OH is 1. The lowest BCUT2D eigenvalue weighted by molar-refractivity contribution is 0.0597. The number of aliphatic hydroxyl groups is 1. The van der Waals surface area contributed by atoms with Crippen molar-refractivity contribution in [3.63, 3.8) is 0 Å². The maximum atomic E-state index is 11.3. The van der Waals surface area contributed by atoms with Crippen LogP contribution in [0.4, 0.5) is 0 Å². The third-order valence-corrected chi connectivity index (χ3v) is 2.32. The molecule has 0 aliphatic heterocycles. The molecule has 0 bridgehead atoms. The van der Waals surface area contributed by atoms with E-state index in [4.69, 9.17) is 5.11 Å². The van der Waals surface area contributed by atoms with Gasteiger partial charge >= 0.3 is 5.97 Å². The first-order valence-electron chi connectivity index (χ1n) is 5.13. The van der Waals surface area contributed by atoms with E-state index >= 15 is 0 Å². The number of phenolic OH excluding ortho intramolecular Hbond substituents is 1. The molecule has 1 unspecified atom stereocenters. The van der Waals surface area contributed by atoms with E-state index in [1.54, 1.807) is 19.1 Å². The summed E-state index contributed by atoms with van der Waals surface area (Å²) in [4.78, 5) is 11.3. The Labute approximate surface area is 94.5 Å². The Hall–Kier alpha value is -1.55. The van der Waals surface area contributed by atoms with Gasteiger partial charge in [-0.3, -0.25) is 0 Å². The van der Waals surface area contributed by atoms with E-state index in [1.807, 2.05) is 0 Å². The Balaban J connectivity index is 2.85. The minimum atomic E-state index is -0.559. The number of ether oxygens (including phenoxy) is 1. The summed E-state index contributed by atoms with van der Waals surface area (Å²) in [7, 11) is 1.27. The molecule has 0 aliphatic carbocycles. The lowest BCUT2D eigenvalue weighted by Crippen LogP contribution is -2.04. The molecule has 16 heavy (non-hydrogen) atoms. The molecule has 0 heterocycles. The monoisotopic (exact) mass is 224 g/mol. The van der Waals surface area contributed by atoms with Crippen LogP contribution in [0.5, 0.6) is 5.75 Å². The van der Waals surface area contributed by atoms with Gasteiger partial charge in [-0.05, 0) is 37.5 Å². The average molecular weight is 224 g/mol. The molecule has 1 atom stereocenters. The minimum Gasteiger partial charge on any atom is -0.507 e. The molecule has 0 aromatic heterocycles. The Morgan fingerprint density at radius 3 is 2.75 bits per heavy atom. The van der Waals surface area contributed by atoms with Gasteiger partial charge in [0.05, 0.1) is 13.2 Å². The van der Waals surface area contributed by atoms with Crippen LogP contribution in [0, 0.1) is 0 Å². The quantitative estimate of drug-likeness (QED) is 0.760. The van der Waals surface area contributed by atoms with E-state index in [1.165, 1.54) is 13.2 Å². The average Bonchev–Trinajstić information content (AvgIpc) is 2.27. The van der Waals surface area contributed by atoms with Crippen LogP contribution >= 0.6 is 0 Å². The number of phenols is 1. The molecule has 1 aromatic rings.